The maximum absolute atomic E-state index is 12.9. The molecule has 4 nitrogen and oxygen atoms in total. The number of benzene rings is 2. The van der Waals surface area contributed by atoms with Gasteiger partial charge in [0.05, 0.1) is 18.5 Å². The first-order chi connectivity index (χ1) is 11.7. The summed E-state index contributed by atoms with van der Waals surface area (Å²) in [4.78, 5) is 12.0. The van der Waals surface area contributed by atoms with Gasteiger partial charge in [0.2, 0.25) is 0 Å². The van der Waals surface area contributed by atoms with Crippen LogP contribution in [0, 0.1) is 5.82 Å². The fourth-order valence-electron chi connectivity index (χ4n) is 2.21. The first-order valence-corrected chi connectivity index (χ1v) is 7.33. The summed E-state index contributed by atoms with van der Waals surface area (Å²) in [7, 11) is 1.62. The van der Waals surface area contributed by atoms with Crippen molar-refractivity contribution < 1.29 is 13.9 Å². The molecule has 0 aliphatic carbocycles. The van der Waals surface area contributed by atoms with Gasteiger partial charge < -0.3 is 4.74 Å². The summed E-state index contributed by atoms with van der Waals surface area (Å²) in [5.41, 5.74) is 2.85. The molecule has 3 aromatic rings. The van der Waals surface area contributed by atoms with Crippen molar-refractivity contribution in [2.45, 2.75) is 0 Å². The molecule has 0 unspecified atom stereocenters. The van der Waals surface area contributed by atoms with Gasteiger partial charge in [-0.25, -0.2) is 4.39 Å². The number of hydrogen-bond donors (Lipinski definition) is 1. The van der Waals surface area contributed by atoms with Gasteiger partial charge in [-0.3, -0.25) is 9.89 Å². The van der Waals surface area contributed by atoms with Crippen molar-refractivity contribution in [3.63, 3.8) is 0 Å². The molecule has 5 heteroatoms. The lowest BCUT2D eigenvalue weighted by molar-refractivity contribution is 0.104. The second-order valence-electron chi connectivity index (χ2n) is 5.14. The quantitative estimate of drug-likeness (QED) is 0.568. The zero-order valence-electron chi connectivity index (χ0n) is 13.0. The van der Waals surface area contributed by atoms with Crippen LogP contribution in [0.15, 0.2) is 60.7 Å². The molecule has 0 saturated heterocycles. The van der Waals surface area contributed by atoms with Crippen molar-refractivity contribution in [1.29, 1.82) is 0 Å². The van der Waals surface area contributed by atoms with Gasteiger partial charge in [0.1, 0.15) is 11.6 Å². The number of nitrogens with zero attached hydrogens (tertiary/aromatic N) is 1. The minimum atomic E-state index is -0.367. The average molecular weight is 322 g/mol. The van der Waals surface area contributed by atoms with E-state index in [0.29, 0.717) is 11.3 Å². The summed E-state index contributed by atoms with van der Waals surface area (Å²) in [6, 6.07) is 14.8. The summed E-state index contributed by atoms with van der Waals surface area (Å²) in [6.45, 7) is 0. The highest BCUT2D eigenvalue weighted by atomic mass is 19.1. The largest absolute Gasteiger partial charge is 0.497 e. The third-order valence-electron chi connectivity index (χ3n) is 3.53. The number of carbonyl (C=O) groups excluding carboxylic acids is 1. The summed E-state index contributed by atoms with van der Waals surface area (Å²) < 4.78 is 18.0. The Hall–Kier alpha value is -3.21. The van der Waals surface area contributed by atoms with Gasteiger partial charge in [0.15, 0.2) is 5.78 Å². The van der Waals surface area contributed by atoms with Crippen LogP contribution >= 0.6 is 0 Å². The lowest BCUT2D eigenvalue weighted by atomic mass is 10.1. The number of aromatic amines is 1. The number of rotatable bonds is 5. The maximum atomic E-state index is 12.9. The summed E-state index contributed by atoms with van der Waals surface area (Å²) >= 11 is 0. The summed E-state index contributed by atoms with van der Waals surface area (Å²) in [5.74, 6) is 0.211. The van der Waals surface area contributed by atoms with Crippen LogP contribution in [-0.2, 0) is 0 Å². The number of carbonyl (C=O) groups is 1. The highest BCUT2D eigenvalue weighted by molar-refractivity contribution is 6.06. The lowest BCUT2D eigenvalue weighted by Gasteiger charge is -1.99. The maximum Gasteiger partial charge on any atom is 0.185 e. The van der Waals surface area contributed by atoms with Crippen LogP contribution in [0.25, 0.3) is 17.3 Å². The van der Waals surface area contributed by atoms with Gasteiger partial charge in [-0.15, -0.1) is 0 Å². The molecule has 0 aliphatic rings. The van der Waals surface area contributed by atoms with E-state index in [4.69, 9.17) is 4.74 Å². The van der Waals surface area contributed by atoms with Crippen molar-refractivity contribution in [3.05, 3.63) is 77.7 Å². The molecule has 1 aromatic heterocycles. The molecule has 1 N–H and O–H groups in total. The molecule has 0 amide bonds. The summed E-state index contributed by atoms with van der Waals surface area (Å²) in [6.07, 6.45) is 3.07. The smallest absolute Gasteiger partial charge is 0.185 e. The molecular weight excluding hydrogens is 307 g/mol. The predicted octanol–water partition coefficient (Wildman–Crippen LogP) is 4.12. The van der Waals surface area contributed by atoms with Crippen LogP contribution in [0.3, 0.4) is 0 Å². The van der Waals surface area contributed by atoms with Crippen molar-refractivity contribution in [3.8, 4) is 17.0 Å². The third kappa shape index (κ3) is 3.57. The van der Waals surface area contributed by atoms with E-state index < -0.39 is 0 Å². The molecule has 0 fully saturated rings. The predicted molar refractivity (Wildman–Crippen MR) is 90.3 cm³/mol. The number of ketones is 1. The Kier molecular flexibility index (Phi) is 4.52. The monoisotopic (exact) mass is 322 g/mol. The van der Waals surface area contributed by atoms with Gasteiger partial charge in [0.25, 0.3) is 0 Å². The van der Waals surface area contributed by atoms with E-state index in [-0.39, 0.29) is 11.6 Å². The minimum Gasteiger partial charge on any atom is -0.497 e. The zero-order chi connectivity index (χ0) is 16.9. The Bertz CT molecular complexity index is 865. The van der Waals surface area contributed by atoms with E-state index in [2.05, 4.69) is 10.2 Å². The number of H-pyrrole nitrogens is 1. The molecule has 0 saturated carbocycles. The molecule has 0 atom stereocenters. The number of hydrogen-bond acceptors (Lipinski definition) is 3. The first kappa shape index (κ1) is 15.7. The van der Waals surface area contributed by atoms with Gasteiger partial charge >= 0.3 is 0 Å². The van der Waals surface area contributed by atoms with E-state index in [1.165, 1.54) is 30.3 Å². The lowest BCUT2D eigenvalue weighted by Crippen LogP contribution is -1.93. The Labute approximate surface area is 138 Å². The first-order valence-electron chi connectivity index (χ1n) is 7.33. The second-order valence-corrected chi connectivity index (χ2v) is 5.14. The molecule has 0 aliphatic heterocycles. The van der Waals surface area contributed by atoms with Gasteiger partial charge in [-0.2, -0.15) is 5.10 Å². The Morgan fingerprint density at radius 2 is 1.83 bits per heavy atom. The highest BCUT2D eigenvalue weighted by Crippen LogP contribution is 2.21. The Balaban J connectivity index is 1.73. The van der Waals surface area contributed by atoms with Crippen LogP contribution in [0.4, 0.5) is 4.39 Å². The molecular formula is C19H15FN2O2. The highest BCUT2D eigenvalue weighted by Gasteiger charge is 2.05. The molecule has 0 bridgehead atoms. The third-order valence-corrected chi connectivity index (χ3v) is 3.53. The van der Waals surface area contributed by atoms with Crippen molar-refractivity contribution in [1.82, 2.24) is 10.2 Å². The van der Waals surface area contributed by atoms with Crippen LogP contribution in [0.1, 0.15) is 16.1 Å². The van der Waals surface area contributed by atoms with E-state index in [1.807, 2.05) is 30.3 Å². The molecule has 2 aromatic carbocycles. The van der Waals surface area contributed by atoms with E-state index in [9.17, 15) is 9.18 Å². The number of aromatic nitrogens is 2. The van der Waals surface area contributed by atoms with Gasteiger partial charge in [-0.1, -0.05) is 0 Å². The fraction of sp³-hybridized carbons (Fsp3) is 0.0526. The fourth-order valence-corrected chi connectivity index (χ4v) is 2.21. The Morgan fingerprint density at radius 3 is 2.50 bits per heavy atom. The molecule has 24 heavy (non-hydrogen) atoms. The van der Waals surface area contributed by atoms with Crippen LogP contribution < -0.4 is 4.74 Å². The number of nitrogens with one attached hydrogen (secondary N) is 1. The molecule has 1 heterocycles. The van der Waals surface area contributed by atoms with Crippen LogP contribution in [0.2, 0.25) is 0 Å². The number of halogens is 1. The molecule has 3 rings (SSSR count). The molecule has 0 radical (unpaired) electrons. The van der Waals surface area contributed by atoms with E-state index in [0.717, 1.165) is 17.0 Å². The zero-order valence-corrected chi connectivity index (χ0v) is 13.0. The summed E-state index contributed by atoms with van der Waals surface area (Å²) in [5, 5.41) is 7.09. The average Bonchev–Trinajstić information content (AvgIpc) is 3.09. The molecule has 120 valence electrons. The van der Waals surface area contributed by atoms with Crippen molar-refractivity contribution in [2.75, 3.05) is 7.11 Å². The van der Waals surface area contributed by atoms with Crippen LogP contribution in [0.5, 0.6) is 5.75 Å². The number of ether oxygens (including phenoxy) is 1. The second kappa shape index (κ2) is 6.91. The number of allylic oxidation sites excluding steroid dienone is 1. The normalized spacial score (nSPS) is 10.9. The standard InChI is InChI=1S/C19H15FN2O2/c1-24-17-9-4-13(5-10-17)18-12-16(21-22-18)8-11-19(23)14-2-6-15(20)7-3-14/h2-12H,1H3,(H,21,22)/b11-8+. The van der Waals surface area contributed by atoms with Gasteiger partial charge in [0, 0.05) is 11.1 Å². The Morgan fingerprint density at radius 1 is 1.12 bits per heavy atom. The van der Waals surface area contributed by atoms with Gasteiger partial charge in [-0.05, 0) is 66.7 Å². The SMILES string of the molecule is COc1ccc(-c2cc(/C=C/C(=O)c3ccc(F)cc3)[nH]n2)cc1. The minimum absolute atomic E-state index is 0.199. The van der Waals surface area contributed by atoms with E-state index >= 15 is 0 Å². The van der Waals surface area contributed by atoms with E-state index in [1.54, 1.807) is 13.2 Å². The topological polar surface area (TPSA) is 55.0 Å². The molecule has 0 spiro atoms. The van der Waals surface area contributed by atoms with Crippen molar-refractivity contribution in [2.24, 2.45) is 0 Å². The van der Waals surface area contributed by atoms with Crippen LogP contribution in [-0.4, -0.2) is 23.1 Å². The van der Waals surface area contributed by atoms with Crippen molar-refractivity contribution >= 4 is 11.9 Å². The number of methoxy groups -OCH3 is 1.